The molecule has 0 saturated carbocycles. The fourth-order valence-corrected chi connectivity index (χ4v) is 5.78. The molecule has 0 radical (unpaired) electrons. The lowest BCUT2D eigenvalue weighted by Gasteiger charge is -2.09. The zero-order valence-electron chi connectivity index (χ0n) is 18.4. The molecule has 0 aliphatic rings. The summed E-state index contributed by atoms with van der Waals surface area (Å²) >= 11 is 0. The van der Waals surface area contributed by atoms with Crippen molar-refractivity contribution < 1.29 is 0 Å². The number of H-pyrrole nitrogens is 1. The SMILES string of the molecule is c1ccc(-n2c3ccccc3c3cc4c(ccc5c4ccc4c6ccccc6[nH]c45)cc32)cc1. The van der Waals surface area contributed by atoms with E-state index >= 15 is 0 Å². The number of aromatic amines is 1. The molecule has 158 valence electrons. The van der Waals surface area contributed by atoms with Crippen molar-refractivity contribution in [1.82, 2.24) is 9.55 Å². The molecule has 0 spiro atoms. The minimum atomic E-state index is 1.19. The van der Waals surface area contributed by atoms with E-state index in [0.717, 1.165) is 0 Å². The Balaban J connectivity index is 1.53. The molecule has 8 rings (SSSR count). The van der Waals surface area contributed by atoms with Gasteiger partial charge in [0.05, 0.1) is 16.6 Å². The molecular weight excluding hydrogens is 412 g/mol. The van der Waals surface area contributed by atoms with Gasteiger partial charge in [-0.25, -0.2) is 0 Å². The lowest BCUT2D eigenvalue weighted by molar-refractivity contribution is 1.18. The first-order valence-corrected chi connectivity index (χ1v) is 11.7. The van der Waals surface area contributed by atoms with Crippen molar-refractivity contribution in [2.75, 3.05) is 0 Å². The number of para-hydroxylation sites is 3. The number of hydrogen-bond donors (Lipinski definition) is 1. The van der Waals surface area contributed by atoms with Crippen molar-refractivity contribution in [3.8, 4) is 5.69 Å². The number of benzene rings is 6. The number of nitrogens with zero attached hydrogens (tertiary/aromatic N) is 1. The molecule has 2 aromatic heterocycles. The topological polar surface area (TPSA) is 20.7 Å². The summed E-state index contributed by atoms with van der Waals surface area (Å²) < 4.78 is 2.38. The van der Waals surface area contributed by atoms with Crippen LogP contribution in [0, 0.1) is 0 Å². The summed E-state index contributed by atoms with van der Waals surface area (Å²) in [7, 11) is 0. The monoisotopic (exact) mass is 432 g/mol. The van der Waals surface area contributed by atoms with E-state index in [-0.39, 0.29) is 0 Å². The van der Waals surface area contributed by atoms with Gasteiger partial charge in [-0.15, -0.1) is 0 Å². The van der Waals surface area contributed by atoms with Crippen LogP contribution in [0.25, 0.3) is 70.8 Å². The first kappa shape index (κ1) is 17.9. The highest BCUT2D eigenvalue weighted by atomic mass is 15.0. The molecule has 0 aliphatic heterocycles. The van der Waals surface area contributed by atoms with Gasteiger partial charge in [0.15, 0.2) is 0 Å². The van der Waals surface area contributed by atoms with Crippen LogP contribution in [0.3, 0.4) is 0 Å². The summed E-state index contributed by atoms with van der Waals surface area (Å²) in [4.78, 5) is 3.67. The molecule has 0 saturated heterocycles. The first-order valence-electron chi connectivity index (χ1n) is 11.7. The second-order valence-electron chi connectivity index (χ2n) is 9.10. The van der Waals surface area contributed by atoms with Crippen LogP contribution in [0.15, 0.2) is 115 Å². The van der Waals surface area contributed by atoms with Gasteiger partial charge in [-0.1, -0.05) is 78.9 Å². The molecule has 0 unspecified atom stereocenters. The van der Waals surface area contributed by atoms with Gasteiger partial charge in [0, 0.05) is 38.1 Å². The second kappa shape index (κ2) is 6.49. The molecule has 2 nitrogen and oxygen atoms in total. The highest BCUT2D eigenvalue weighted by Gasteiger charge is 2.15. The summed E-state index contributed by atoms with van der Waals surface area (Å²) in [6.07, 6.45) is 0. The molecule has 1 N–H and O–H groups in total. The van der Waals surface area contributed by atoms with Crippen molar-refractivity contribution in [3.63, 3.8) is 0 Å². The summed E-state index contributed by atoms with van der Waals surface area (Å²) in [5.41, 5.74) is 6.07. The van der Waals surface area contributed by atoms with Gasteiger partial charge in [-0.2, -0.15) is 0 Å². The summed E-state index contributed by atoms with van der Waals surface area (Å²) in [6, 6.07) is 41.8. The Morgan fingerprint density at radius 2 is 1.15 bits per heavy atom. The van der Waals surface area contributed by atoms with E-state index in [1.807, 2.05) is 0 Å². The normalized spacial score (nSPS) is 12.1. The Kier molecular flexibility index (Phi) is 3.42. The van der Waals surface area contributed by atoms with Crippen molar-refractivity contribution in [2.45, 2.75) is 0 Å². The lowest BCUT2D eigenvalue weighted by Crippen LogP contribution is -1.93. The summed E-state index contributed by atoms with van der Waals surface area (Å²) in [5.74, 6) is 0. The highest BCUT2D eigenvalue weighted by Crippen LogP contribution is 2.39. The zero-order valence-corrected chi connectivity index (χ0v) is 18.4. The predicted octanol–water partition coefficient (Wildman–Crippen LogP) is 8.72. The third-order valence-electron chi connectivity index (χ3n) is 7.30. The van der Waals surface area contributed by atoms with Crippen LogP contribution < -0.4 is 0 Å². The van der Waals surface area contributed by atoms with Crippen molar-refractivity contribution >= 4 is 65.2 Å². The quantitative estimate of drug-likeness (QED) is 0.250. The van der Waals surface area contributed by atoms with E-state index in [1.54, 1.807) is 0 Å². The number of fused-ring (bicyclic) bond motifs is 10. The fraction of sp³-hybridized carbons (Fsp3) is 0. The molecular formula is C32H20N2. The molecule has 6 aromatic carbocycles. The van der Waals surface area contributed by atoms with Crippen molar-refractivity contribution in [2.24, 2.45) is 0 Å². The molecule has 0 atom stereocenters. The molecule has 2 heteroatoms. The van der Waals surface area contributed by atoms with Crippen molar-refractivity contribution in [3.05, 3.63) is 115 Å². The van der Waals surface area contributed by atoms with E-state index in [4.69, 9.17) is 0 Å². The van der Waals surface area contributed by atoms with E-state index in [1.165, 1.54) is 70.8 Å². The van der Waals surface area contributed by atoms with Crippen LogP contribution in [-0.2, 0) is 0 Å². The van der Waals surface area contributed by atoms with Gasteiger partial charge < -0.3 is 9.55 Å². The number of hydrogen-bond acceptors (Lipinski definition) is 0. The summed E-state index contributed by atoms with van der Waals surface area (Å²) in [6.45, 7) is 0. The number of nitrogens with one attached hydrogen (secondary N) is 1. The predicted molar refractivity (Wildman–Crippen MR) is 145 cm³/mol. The number of rotatable bonds is 1. The van der Waals surface area contributed by atoms with E-state index in [9.17, 15) is 0 Å². The average molecular weight is 433 g/mol. The van der Waals surface area contributed by atoms with Gasteiger partial charge in [-0.3, -0.25) is 0 Å². The molecule has 0 fully saturated rings. The van der Waals surface area contributed by atoms with Crippen LogP contribution in [-0.4, -0.2) is 9.55 Å². The maximum absolute atomic E-state index is 3.67. The molecule has 0 aliphatic carbocycles. The number of aromatic nitrogens is 2. The molecule has 0 bridgehead atoms. The van der Waals surface area contributed by atoms with Crippen LogP contribution in [0.2, 0.25) is 0 Å². The van der Waals surface area contributed by atoms with Gasteiger partial charge in [0.2, 0.25) is 0 Å². The first-order chi connectivity index (χ1) is 16.9. The molecule has 8 aromatic rings. The van der Waals surface area contributed by atoms with E-state index < -0.39 is 0 Å². The second-order valence-corrected chi connectivity index (χ2v) is 9.10. The van der Waals surface area contributed by atoms with E-state index in [0.29, 0.717) is 0 Å². The fourth-order valence-electron chi connectivity index (χ4n) is 5.78. The Hall–Kier alpha value is -4.56. The van der Waals surface area contributed by atoms with Crippen LogP contribution in [0.5, 0.6) is 0 Å². The van der Waals surface area contributed by atoms with E-state index in [2.05, 4.69) is 125 Å². The zero-order chi connectivity index (χ0) is 22.2. The van der Waals surface area contributed by atoms with Gasteiger partial charge in [-0.05, 0) is 52.6 Å². The minimum Gasteiger partial charge on any atom is -0.354 e. The maximum atomic E-state index is 3.67. The molecule has 0 amide bonds. The van der Waals surface area contributed by atoms with Crippen molar-refractivity contribution in [1.29, 1.82) is 0 Å². The Labute approximate surface area is 195 Å². The molecule has 2 heterocycles. The van der Waals surface area contributed by atoms with Gasteiger partial charge in [0.1, 0.15) is 0 Å². The highest BCUT2D eigenvalue weighted by molar-refractivity contribution is 6.24. The maximum Gasteiger partial charge on any atom is 0.0547 e. The largest absolute Gasteiger partial charge is 0.354 e. The van der Waals surface area contributed by atoms with Gasteiger partial charge >= 0.3 is 0 Å². The third kappa shape index (κ3) is 2.29. The average Bonchev–Trinajstić information content (AvgIpc) is 3.43. The minimum absolute atomic E-state index is 1.19. The Bertz CT molecular complexity index is 2060. The lowest BCUT2D eigenvalue weighted by atomic mass is 9.98. The van der Waals surface area contributed by atoms with Crippen LogP contribution in [0.1, 0.15) is 0 Å². The van der Waals surface area contributed by atoms with Crippen LogP contribution >= 0.6 is 0 Å². The van der Waals surface area contributed by atoms with Crippen LogP contribution in [0.4, 0.5) is 0 Å². The summed E-state index contributed by atoms with van der Waals surface area (Å²) in [5, 5.41) is 10.2. The Morgan fingerprint density at radius 3 is 2.06 bits per heavy atom. The smallest absolute Gasteiger partial charge is 0.0547 e. The van der Waals surface area contributed by atoms with Gasteiger partial charge in [0.25, 0.3) is 0 Å². The third-order valence-corrected chi connectivity index (χ3v) is 7.30. The Morgan fingerprint density at radius 1 is 0.441 bits per heavy atom. The molecule has 34 heavy (non-hydrogen) atoms. The standard InChI is InChI=1S/C32H20N2/c1-2-8-21(9-3-1)34-30-13-7-5-11-24(30)28-19-27-20(18-31(28)34)14-15-25-22(27)16-17-26-23-10-4-6-12-29(23)33-32(25)26/h1-19,33H.